The van der Waals surface area contributed by atoms with Crippen LogP contribution in [0.25, 0.3) is 6.08 Å². The van der Waals surface area contributed by atoms with E-state index in [0.29, 0.717) is 17.2 Å². The van der Waals surface area contributed by atoms with E-state index in [1.54, 1.807) is 30.3 Å². The molecule has 1 aliphatic rings. The highest BCUT2D eigenvalue weighted by molar-refractivity contribution is 6.30. The van der Waals surface area contributed by atoms with Crippen LogP contribution in [0.15, 0.2) is 66.7 Å². The van der Waals surface area contributed by atoms with Crippen LogP contribution in [0.2, 0.25) is 5.02 Å². The van der Waals surface area contributed by atoms with Gasteiger partial charge in [-0.05, 0) is 78.9 Å². The molecule has 4 nitrogen and oxygen atoms in total. The topological polar surface area (TPSA) is 40.6 Å². The Balaban J connectivity index is 1.65. The predicted molar refractivity (Wildman–Crippen MR) is 148 cm³/mol. The van der Waals surface area contributed by atoms with Gasteiger partial charge in [-0.1, -0.05) is 41.9 Å². The smallest absolute Gasteiger partial charge is 0.335 e. The zero-order valence-corrected chi connectivity index (χ0v) is 23.4. The third-order valence-electron chi connectivity index (χ3n) is 7.22. The molecular weight excluding hydrogens is 582 g/mol. The average Bonchev–Trinajstić information content (AvgIpc) is 2.93. The Morgan fingerprint density at radius 3 is 2.05 bits per heavy atom. The molecule has 0 saturated carbocycles. The Labute approximate surface area is 244 Å². The summed E-state index contributed by atoms with van der Waals surface area (Å²) in [4.78, 5) is 29.4. The second-order valence-electron chi connectivity index (χ2n) is 10.2. The quantitative estimate of drug-likeness (QED) is 0.221. The van der Waals surface area contributed by atoms with E-state index in [0.717, 1.165) is 22.3 Å². The molecule has 0 radical (unpaired) electrons. The van der Waals surface area contributed by atoms with Gasteiger partial charge < -0.3 is 9.80 Å². The van der Waals surface area contributed by atoms with Crippen LogP contribution >= 0.6 is 11.6 Å². The highest BCUT2D eigenvalue weighted by Crippen LogP contribution is 2.37. The number of rotatable bonds is 5. The van der Waals surface area contributed by atoms with Crippen molar-refractivity contribution in [3.63, 3.8) is 0 Å². The normalized spacial score (nSPS) is 16.3. The molecule has 2 amide bonds. The molecule has 0 aromatic heterocycles. The van der Waals surface area contributed by atoms with E-state index < -0.39 is 41.0 Å². The van der Waals surface area contributed by atoms with Crippen LogP contribution in [-0.4, -0.2) is 47.3 Å². The van der Waals surface area contributed by atoms with Gasteiger partial charge in [-0.15, -0.1) is 0 Å². The Kier molecular flexibility index (Phi) is 9.06. The van der Waals surface area contributed by atoms with Crippen molar-refractivity contribution >= 4 is 29.5 Å². The van der Waals surface area contributed by atoms with Crippen molar-refractivity contribution in [2.45, 2.75) is 38.7 Å². The first-order valence-electron chi connectivity index (χ1n) is 13.0. The summed E-state index contributed by atoms with van der Waals surface area (Å²) < 4.78 is 80.9. The summed E-state index contributed by atoms with van der Waals surface area (Å²) in [6, 6.07) is 12.6. The van der Waals surface area contributed by atoms with Crippen molar-refractivity contribution in [1.82, 2.24) is 9.80 Å². The molecule has 3 aromatic rings. The molecule has 1 fully saturated rings. The van der Waals surface area contributed by atoms with Crippen molar-refractivity contribution in [3.05, 3.63) is 111 Å². The number of halogens is 7. The fourth-order valence-electron chi connectivity index (χ4n) is 4.79. The van der Waals surface area contributed by atoms with E-state index in [2.05, 4.69) is 0 Å². The molecule has 0 bridgehead atoms. The molecule has 1 unspecified atom stereocenters. The number of benzene rings is 3. The molecule has 4 rings (SSSR count). The number of carbonyl (C=O) groups excluding carboxylic acids is 2. The maximum absolute atomic E-state index is 13.6. The Morgan fingerprint density at radius 2 is 1.48 bits per heavy atom. The number of aryl methyl sites for hydroxylation is 2. The maximum Gasteiger partial charge on any atom is 0.416 e. The SMILES string of the molecule is Cc1ccc(CC2CN(C(=O)C=Cc3ccc(Cl)cc3)CCN2C(=O)c2cc(C(F)(F)F)cc(C(F)(F)F)c2)cc1C. The lowest BCUT2D eigenvalue weighted by Crippen LogP contribution is -2.57. The van der Waals surface area contributed by atoms with Crippen LogP contribution in [-0.2, 0) is 23.6 Å². The second kappa shape index (κ2) is 12.2. The van der Waals surface area contributed by atoms with Gasteiger partial charge in [0.2, 0.25) is 5.91 Å². The minimum Gasteiger partial charge on any atom is -0.335 e. The third-order valence-corrected chi connectivity index (χ3v) is 7.47. The summed E-state index contributed by atoms with van der Waals surface area (Å²) in [6.07, 6.45) is -6.96. The van der Waals surface area contributed by atoms with Crippen molar-refractivity contribution in [1.29, 1.82) is 0 Å². The fraction of sp³-hybridized carbons (Fsp3) is 0.290. The lowest BCUT2D eigenvalue weighted by molar-refractivity contribution is -0.143. The molecule has 1 aliphatic heterocycles. The largest absolute Gasteiger partial charge is 0.416 e. The van der Waals surface area contributed by atoms with E-state index in [4.69, 9.17) is 11.6 Å². The number of piperazine rings is 1. The number of nitrogens with zero attached hydrogens (tertiary/aromatic N) is 2. The molecule has 3 aromatic carbocycles. The van der Waals surface area contributed by atoms with Crippen LogP contribution in [0.1, 0.15) is 43.7 Å². The van der Waals surface area contributed by atoms with Gasteiger partial charge in [0.15, 0.2) is 0 Å². The van der Waals surface area contributed by atoms with Gasteiger partial charge in [0.05, 0.1) is 17.2 Å². The minimum atomic E-state index is -5.09. The second-order valence-corrected chi connectivity index (χ2v) is 10.7. The van der Waals surface area contributed by atoms with Crippen LogP contribution < -0.4 is 0 Å². The zero-order valence-electron chi connectivity index (χ0n) is 22.7. The molecule has 0 aliphatic carbocycles. The number of alkyl halides is 6. The number of hydrogen-bond donors (Lipinski definition) is 0. The Bertz CT molecular complexity index is 1470. The fourth-order valence-corrected chi connectivity index (χ4v) is 4.92. The van der Waals surface area contributed by atoms with Crippen LogP contribution in [0, 0.1) is 13.8 Å². The van der Waals surface area contributed by atoms with Crippen LogP contribution in [0.4, 0.5) is 26.3 Å². The van der Waals surface area contributed by atoms with Gasteiger partial charge in [-0.2, -0.15) is 26.3 Å². The summed E-state index contributed by atoms with van der Waals surface area (Å²) in [5.74, 6) is -1.31. The monoisotopic (exact) mass is 608 g/mol. The lowest BCUT2D eigenvalue weighted by Gasteiger charge is -2.41. The lowest BCUT2D eigenvalue weighted by atomic mass is 9.97. The number of carbonyl (C=O) groups is 2. The minimum absolute atomic E-state index is 0.00698. The average molecular weight is 609 g/mol. The van der Waals surface area contributed by atoms with Crippen molar-refractivity contribution < 1.29 is 35.9 Å². The molecule has 1 heterocycles. The maximum atomic E-state index is 13.6. The van der Waals surface area contributed by atoms with Crippen LogP contribution in [0.5, 0.6) is 0 Å². The van der Waals surface area contributed by atoms with Crippen LogP contribution in [0.3, 0.4) is 0 Å². The zero-order chi connectivity index (χ0) is 30.8. The first-order valence-corrected chi connectivity index (χ1v) is 13.4. The van der Waals surface area contributed by atoms with E-state index >= 15 is 0 Å². The summed E-state index contributed by atoms with van der Waals surface area (Å²) in [7, 11) is 0. The third kappa shape index (κ3) is 7.53. The van der Waals surface area contributed by atoms with Crippen molar-refractivity contribution in [3.8, 4) is 0 Å². The van der Waals surface area contributed by atoms with Gasteiger partial charge in [0, 0.05) is 36.3 Å². The van der Waals surface area contributed by atoms with Crippen molar-refractivity contribution in [2.24, 2.45) is 0 Å². The Hall–Kier alpha value is -3.79. The standard InChI is InChI=1S/C31H27ClF6N2O2/c1-19-3-4-22(13-20(19)2)14-27-18-39(28(41)10-7-21-5-8-26(32)9-6-21)11-12-40(27)29(42)23-15-24(30(33,34)35)17-25(16-23)31(36,37)38/h3-10,13,15-17,27H,11-12,14,18H2,1-2H3. The van der Waals surface area contributed by atoms with E-state index in [-0.39, 0.29) is 38.0 Å². The predicted octanol–water partition coefficient (Wildman–Crippen LogP) is 7.60. The molecule has 1 atom stereocenters. The molecule has 42 heavy (non-hydrogen) atoms. The van der Waals surface area contributed by atoms with Gasteiger partial charge in [-0.3, -0.25) is 9.59 Å². The van der Waals surface area contributed by atoms with E-state index in [9.17, 15) is 35.9 Å². The molecule has 0 N–H and O–H groups in total. The molecule has 222 valence electrons. The Morgan fingerprint density at radius 1 is 0.857 bits per heavy atom. The highest BCUT2D eigenvalue weighted by atomic mass is 35.5. The van der Waals surface area contributed by atoms with Gasteiger partial charge in [-0.25, -0.2) is 0 Å². The van der Waals surface area contributed by atoms with E-state index in [1.807, 2.05) is 32.0 Å². The van der Waals surface area contributed by atoms with Gasteiger partial charge in [0.25, 0.3) is 5.91 Å². The summed E-state index contributed by atoms with van der Waals surface area (Å²) >= 11 is 5.90. The first-order chi connectivity index (χ1) is 19.6. The van der Waals surface area contributed by atoms with Gasteiger partial charge in [0.1, 0.15) is 0 Å². The summed E-state index contributed by atoms with van der Waals surface area (Å²) in [5, 5.41) is 0.538. The molecular formula is C31H27ClF6N2O2. The molecule has 1 saturated heterocycles. The summed E-state index contributed by atoms with van der Waals surface area (Å²) in [5.41, 5.74) is -0.286. The molecule has 0 spiro atoms. The molecule has 11 heteroatoms. The first kappa shape index (κ1) is 31.2. The number of amides is 2. The van der Waals surface area contributed by atoms with Crippen molar-refractivity contribution in [2.75, 3.05) is 19.6 Å². The van der Waals surface area contributed by atoms with E-state index in [1.165, 1.54) is 15.9 Å². The highest BCUT2D eigenvalue weighted by Gasteiger charge is 2.39. The summed E-state index contributed by atoms with van der Waals surface area (Å²) in [6.45, 7) is 3.83. The van der Waals surface area contributed by atoms with Gasteiger partial charge >= 0.3 is 12.4 Å². The number of hydrogen-bond acceptors (Lipinski definition) is 2.